The SMILES string of the molecule is O=C(NCC(O)c1ccsc1)c1cccnc1Cl. The normalized spacial score (nSPS) is 12.1. The monoisotopic (exact) mass is 282 g/mol. The summed E-state index contributed by atoms with van der Waals surface area (Å²) >= 11 is 7.30. The molecule has 0 aliphatic heterocycles. The van der Waals surface area contributed by atoms with E-state index in [0.717, 1.165) is 5.56 Å². The molecule has 0 saturated carbocycles. The quantitative estimate of drug-likeness (QED) is 0.846. The van der Waals surface area contributed by atoms with E-state index in [-0.39, 0.29) is 17.6 Å². The van der Waals surface area contributed by atoms with Crippen LogP contribution in [0, 0.1) is 0 Å². The van der Waals surface area contributed by atoms with Crippen molar-refractivity contribution in [3.8, 4) is 0 Å². The number of hydrogen-bond acceptors (Lipinski definition) is 4. The van der Waals surface area contributed by atoms with Crippen molar-refractivity contribution >= 4 is 28.8 Å². The molecular weight excluding hydrogens is 272 g/mol. The first kappa shape index (κ1) is 13.0. The Morgan fingerprint density at radius 2 is 2.39 bits per heavy atom. The third kappa shape index (κ3) is 3.07. The van der Waals surface area contributed by atoms with E-state index in [1.54, 1.807) is 12.1 Å². The molecule has 94 valence electrons. The third-order valence-corrected chi connectivity index (χ3v) is 3.39. The van der Waals surface area contributed by atoms with E-state index in [1.807, 2.05) is 16.8 Å². The molecule has 0 aromatic carbocycles. The highest BCUT2D eigenvalue weighted by Gasteiger charge is 2.13. The van der Waals surface area contributed by atoms with Gasteiger partial charge >= 0.3 is 0 Å². The van der Waals surface area contributed by atoms with Gasteiger partial charge < -0.3 is 10.4 Å². The molecule has 0 bridgehead atoms. The van der Waals surface area contributed by atoms with Crippen LogP contribution in [-0.4, -0.2) is 22.5 Å². The second-order valence-electron chi connectivity index (χ2n) is 3.62. The zero-order valence-corrected chi connectivity index (χ0v) is 10.9. The molecule has 0 radical (unpaired) electrons. The van der Waals surface area contributed by atoms with E-state index < -0.39 is 6.10 Å². The lowest BCUT2D eigenvalue weighted by molar-refractivity contribution is 0.0916. The lowest BCUT2D eigenvalue weighted by atomic mass is 10.2. The molecule has 2 heterocycles. The maximum Gasteiger partial charge on any atom is 0.254 e. The summed E-state index contributed by atoms with van der Waals surface area (Å²) in [5.74, 6) is -0.345. The minimum Gasteiger partial charge on any atom is -0.387 e. The van der Waals surface area contributed by atoms with E-state index in [1.165, 1.54) is 17.5 Å². The fourth-order valence-corrected chi connectivity index (χ4v) is 2.33. The Balaban J connectivity index is 1.95. The van der Waals surface area contributed by atoms with Crippen LogP contribution in [-0.2, 0) is 0 Å². The van der Waals surface area contributed by atoms with Gasteiger partial charge in [-0.25, -0.2) is 4.98 Å². The number of amides is 1. The molecule has 0 aliphatic rings. The maximum atomic E-state index is 11.8. The van der Waals surface area contributed by atoms with Crippen LogP contribution < -0.4 is 5.32 Å². The smallest absolute Gasteiger partial charge is 0.254 e. The average Bonchev–Trinajstić information content (AvgIpc) is 2.90. The van der Waals surface area contributed by atoms with Crippen LogP contribution in [0.3, 0.4) is 0 Å². The molecule has 4 nitrogen and oxygen atoms in total. The number of nitrogens with zero attached hydrogens (tertiary/aromatic N) is 1. The predicted molar refractivity (Wildman–Crippen MR) is 70.9 cm³/mol. The van der Waals surface area contributed by atoms with Gasteiger partial charge in [-0.1, -0.05) is 11.6 Å². The zero-order chi connectivity index (χ0) is 13.0. The van der Waals surface area contributed by atoms with Crippen LogP contribution in [0.25, 0.3) is 0 Å². The summed E-state index contributed by atoms with van der Waals surface area (Å²) in [7, 11) is 0. The second kappa shape index (κ2) is 5.95. The maximum absolute atomic E-state index is 11.8. The van der Waals surface area contributed by atoms with Gasteiger partial charge in [0.2, 0.25) is 0 Å². The summed E-state index contributed by atoms with van der Waals surface area (Å²) in [6.45, 7) is 0.140. The fraction of sp³-hybridized carbons (Fsp3) is 0.167. The lowest BCUT2D eigenvalue weighted by Gasteiger charge is -2.10. The van der Waals surface area contributed by atoms with Gasteiger partial charge in [-0.15, -0.1) is 0 Å². The van der Waals surface area contributed by atoms with E-state index in [9.17, 15) is 9.90 Å². The van der Waals surface area contributed by atoms with Crippen LogP contribution >= 0.6 is 22.9 Å². The summed E-state index contributed by atoms with van der Waals surface area (Å²) in [5.41, 5.74) is 1.09. The van der Waals surface area contributed by atoms with Crippen molar-refractivity contribution in [2.75, 3.05) is 6.54 Å². The first-order chi connectivity index (χ1) is 8.68. The number of nitrogens with one attached hydrogen (secondary N) is 1. The number of hydrogen-bond donors (Lipinski definition) is 2. The highest BCUT2D eigenvalue weighted by molar-refractivity contribution is 7.07. The van der Waals surface area contributed by atoms with Crippen molar-refractivity contribution in [1.29, 1.82) is 0 Å². The Bertz CT molecular complexity index is 531. The van der Waals surface area contributed by atoms with Crippen molar-refractivity contribution in [3.63, 3.8) is 0 Å². The highest BCUT2D eigenvalue weighted by Crippen LogP contribution is 2.16. The Morgan fingerprint density at radius 3 is 3.06 bits per heavy atom. The summed E-state index contributed by atoms with van der Waals surface area (Å²) in [6.07, 6.45) is 0.801. The van der Waals surface area contributed by atoms with Gasteiger partial charge in [0, 0.05) is 12.7 Å². The number of aromatic nitrogens is 1. The van der Waals surface area contributed by atoms with E-state index >= 15 is 0 Å². The molecule has 0 aliphatic carbocycles. The largest absolute Gasteiger partial charge is 0.387 e. The standard InChI is InChI=1S/C12H11ClN2O2S/c13-11-9(2-1-4-14-11)12(17)15-6-10(16)8-3-5-18-7-8/h1-5,7,10,16H,6H2,(H,15,17). The van der Waals surface area contributed by atoms with Crippen LogP contribution in [0.2, 0.25) is 5.15 Å². The van der Waals surface area contributed by atoms with Gasteiger partial charge in [-0.3, -0.25) is 4.79 Å². The number of thiophene rings is 1. The topological polar surface area (TPSA) is 62.2 Å². The highest BCUT2D eigenvalue weighted by atomic mass is 35.5. The number of pyridine rings is 1. The molecule has 2 N–H and O–H groups in total. The molecule has 18 heavy (non-hydrogen) atoms. The molecule has 2 rings (SSSR count). The van der Waals surface area contributed by atoms with Gasteiger partial charge in [-0.05, 0) is 34.5 Å². The number of halogens is 1. The predicted octanol–water partition coefficient (Wildman–Crippen LogP) is 2.26. The molecule has 2 aromatic heterocycles. The third-order valence-electron chi connectivity index (χ3n) is 2.39. The fourth-order valence-electron chi connectivity index (χ4n) is 1.42. The molecule has 1 atom stereocenters. The lowest BCUT2D eigenvalue weighted by Crippen LogP contribution is -2.28. The summed E-state index contributed by atoms with van der Waals surface area (Å²) in [4.78, 5) is 15.6. The first-order valence-corrected chi connectivity index (χ1v) is 6.59. The van der Waals surface area contributed by atoms with Crippen molar-refractivity contribution in [1.82, 2.24) is 10.3 Å². The van der Waals surface area contributed by atoms with Crippen LogP contribution in [0.1, 0.15) is 22.0 Å². The summed E-state index contributed by atoms with van der Waals surface area (Å²) in [5, 5.41) is 16.3. The van der Waals surface area contributed by atoms with Crippen molar-refractivity contribution in [3.05, 3.63) is 51.4 Å². The Kier molecular flexibility index (Phi) is 4.30. The Hall–Kier alpha value is -1.43. The molecule has 0 fully saturated rings. The molecule has 1 unspecified atom stereocenters. The minimum absolute atomic E-state index is 0.140. The number of rotatable bonds is 4. The van der Waals surface area contributed by atoms with Crippen LogP contribution in [0.15, 0.2) is 35.2 Å². The summed E-state index contributed by atoms with van der Waals surface area (Å²) in [6, 6.07) is 5.04. The molecule has 1 amide bonds. The molecular formula is C12H11ClN2O2S. The van der Waals surface area contributed by atoms with Gasteiger partial charge in [-0.2, -0.15) is 11.3 Å². The van der Waals surface area contributed by atoms with Crippen molar-refractivity contribution in [2.24, 2.45) is 0 Å². The average molecular weight is 283 g/mol. The van der Waals surface area contributed by atoms with E-state index in [0.29, 0.717) is 5.56 Å². The van der Waals surface area contributed by atoms with Crippen molar-refractivity contribution in [2.45, 2.75) is 6.10 Å². The van der Waals surface area contributed by atoms with E-state index in [2.05, 4.69) is 10.3 Å². The van der Waals surface area contributed by atoms with Gasteiger partial charge in [0.05, 0.1) is 11.7 Å². The van der Waals surface area contributed by atoms with E-state index in [4.69, 9.17) is 11.6 Å². The molecule has 0 saturated heterocycles. The van der Waals surface area contributed by atoms with Gasteiger partial charge in [0.1, 0.15) is 5.15 Å². The first-order valence-electron chi connectivity index (χ1n) is 5.27. The van der Waals surface area contributed by atoms with Gasteiger partial charge in [0.25, 0.3) is 5.91 Å². The number of aliphatic hydroxyl groups excluding tert-OH is 1. The number of carbonyl (C=O) groups excluding carboxylic acids is 1. The molecule has 6 heteroatoms. The summed E-state index contributed by atoms with van der Waals surface area (Å²) < 4.78 is 0. The molecule has 0 spiro atoms. The second-order valence-corrected chi connectivity index (χ2v) is 4.76. The zero-order valence-electron chi connectivity index (χ0n) is 9.34. The van der Waals surface area contributed by atoms with Gasteiger partial charge in [0.15, 0.2) is 0 Å². The van der Waals surface area contributed by atoms with Crippen molar-refractivity contribution < 1.29 is 9.90 Å². The number of carbonyl (C=O) groups is 1. The minimum atomic E-state index is -0.712. The number of aliphatic hydroxyl groups is 1. The van der Waals surface area contributed by atoms with Crippen LogP contribution in [0.4, 0.5) is 0 Å². The molecule has 2 aromatic rings. The van der Waals surface area contributed by atoms with Crippen LogP contribution in [0.5, 0.6) is 0 Å². The Labute approximate surface area is 113 Å². The Morgan fingerprint density at radius 1 is 1.56 bits per heavy atom.